The second-order valence-corrected chi connectivity index (χ2v) is 11.2. The summed E-state index contributed by atoms with van der Waals surface area (Å²) in [4.78, 5) is 15.6. The van der Waals surface area contributed by atoms with Crippen molar-refractivity contribution in [3.05, 3.63) is 65.5 Å². The number of anilines is 2. The molecule has 1 N–H and O–H groups in total. The predicted molar refractivity (Wildman–Crippen MR) is 138 cm³/mol. The van der Waals surface area contributed by atoms with Gasteiger partial charge in [0.25, 0.3) is 5.91 Å². The monoisotopic (exact) mass is 509 g/mol. The van der Waals surface area contributed by atoms with Gasteiger partial charge in [-0.3, -0.25) is 4.79 Å². The van der Waals surface area contributed by atoms with Gasteiger partial charge >= 0.3 is 0 Å². The minimum Gasteiger partial charge on any atom is -0.379 e. The van der Waals surface area contributed by atoms with Gasteiger partial charge in [-0.15, -0.1) is 0 Å². The second-order valence-electron chi connectivity index (χ2n) is 9.23. The maximum atomic E-state index is 13.3. The van der Waals surface area contributed by atoms with E-state index in [0.717, 1.165) is 48.7 Å². The molecule has 1 aromatic heterocycles. The fraction of sp³-hybridized carbons (Fsp3) is 0.385. The third-order valence-electron chi connectivity index (χ3n) is 6.65. The number of ether oxygens (including phenoxy) is 1. The lowest BCUT2D eigenvalue weighted by Gasteiger charge is -2.27. The zero-order valence-electron chi connectivity index (χ0n) is 20.6. The molecule has 190 valence electrons. The van der Waals surface area contributed by atoms with Crippen molar-refractivity contribution < 1.29 is 17.9 Å². The van der Waals surface area contributed by atoms with Crippen molar-refractivity contribution in [2.45, 2.75) is 31.6 Å². The number of morpholine rings is 1. The molecule has 0 saturated carbocycles. The summed E-state index contributed by atoms with van der Waals surface area (Å²) < 4.78 is 35.1. The van der Waals surface area contributed by atoms with Crippen molar-refractivity contribution in [2.75, 3.05) is 49.6 Å². The number of nitrogens with zero attached hydrogens (tertiary/aromatic N) is 4. The van der Waals surface area contributed by atoms with Crippen LogP contribution in [0.1, 0.15) is 34.6 Å². The van der Waals surface area contributed by atoms with Crippen molar-refractivity contribution in [3.63, 3.8) is 0 Å². The van der Waals surface area contributed by atoms with Gasteiger partial charge in [-0.1, -0.05) is 0 Å². The van der Waals surface area contributed by atoms with Crippen LogP contribution in [0.2, 0.25) is 0 Å². The van der Waals surface area contributed by atoms with E-state index in [1.54, 1.807) is 30.3 Å². The molecular weight excluding hydrogens is 478 g/mol. The normalized spacial score (nSPS) is 16.9. The van der Waals surface area contributed by atoms with Crippen LogP contribution in [0.4, 0.5) is 11.4 Å². The van der Waals surface area contributed by atoms with Crippen LogP contribution in [0, 0.1) is 13.8 Å². The Hall–Kier alpha value is -3.21. The van der Waals surface area contributed by atoms with E-state index in [1.807, 2.05) is 36.7 Å². The van der Waals surface area contributed by atoms with Crippen LogP contribution in [-0.4, -0.2) is 67.8 Å². The summed E-state index contributed by atoms with van der Waals surface area (Å²) in [5, 5.41) is 7.47. The lowest BCUT2D eigenvalue weighted by Crippen LogP contribution is -2.40. The Morgan fingerprint density at radius 3 is 2.28 bits per heavy atom. The number of carbonyl (C=O) groups excluding carboxylic acids is 1. The maximum Gasteiger partial charge on any atom is 0.255 e. The van der Waals surface area contributed by atoms with Gasteiger partial charge in [0.2, 0.25) is 10.0 Å². The van der Waals surface area contributed by atoms with Gasteiger partial charge in [-0.05, 0) is 75.2 Å². The van der Waals surface area contributed by atoms with E-state index in [1.165, 1.54) is 4.31 Å². The van der Waals surface area contributed by atoms with Gasteiger partial charge in [0.05, 0.1) is 40.9 Å². The number of sulfonamides is 1. The molecule has 0 radical (unpaired) electrons. The minimum absolute atomic E-state index is 0.169. The maximum absolute atomic E-state index is 13.3. The van der Waals surface area contributed by atoms with Crippen molar-refractivity contribution in [2.24, 2.45) is 0 Å². The molecule has 0 aliphatic carbocycles. The molecule has 2 fully saturated rings. The van der Waals surface area contributed by atoms with Crippen molar-refractivity contribution in [3.8, 4) is 5.69 Å². The Kier molecular flexibility index (Phi) is 6.83. The van der Waals surface area contributed by atoms with E-state index in [0.29, 0.717) is 37.6 Å². The zero-order valence-corrected chi connectivity index (χ0v) is 21.4. The van der Waals surface area contributed by atoms with Crippen LogP contribution in [-0.2, 0) is 14.8 Å². The lowest BCUT2D eigenvalue weighted by molar-refractivity contribution is 0.0730. The highest BCUT2D eigenvalue weighted by atomic mass is 32.2. The van der Waals surface area contributed by atoms with Crippen molar-refractivity contribution in [1.29, 1.82) is 0 Å². The number of nitrogens with one attached hydrogen (secondary N) is 1. The summed E-state index contributed by atoms with van der Waals surface area (Å²) in [7, 11) is -3.69. The van der Waals surface area contributed by atoms with Crippen molar-refractivity contribution >= 4 is 27.3 Å². The first kappa shape index (κ1) is 24.5. The highest BCUT2D eigenvalue weighted by molar-refractivity contribution is 7.89. The molecule has 3 heterocycles. The number of amides is 1. The molecule has 2 aliphatic rings. The first-order valence-electron chi connectivity index (χ1n) is 12.2. The lowest BCUT2D eigenvalue weighted by atomic mass is 10.1. The molecule has 2 aromatic carbocycles. The molecule has 2 saturated heterocycles. The SMILES string of the molecule is Cc1cc(C)n(-c2ccc(C(=O)Nc3cc(S(=O)(=O)N4CCOCC4)ccc3N3CCCC3)cc2)n1. The Morgan fingerprint density at radius 2 is 1.64 bits per heavy atom. The Labute approximate surface area is 211 Å². The highest BCUT2D eigenvalue weighted by Gasteiger charge is 2.28. The summed E-state index contributed by atoms with van der Waals surface area (Å²) in [6.07, 6.45) is 2.13. The number of aromatic nitrogens is 2. The summed E-state index contributed by atoms with van der Waals surface area (Å²) >= 11 is 0. The number of aryl methyl sites for hydroxylation is 2. The summed E-state index contributed by atoms with van der Waals surface area (Å²) in [6, 6.07) is 14.2. The van der Waals surface area contributed by atoms with Gasteiger partial charge in [-0.2, -0.15) is 9.40 Å². The van der Waals surface area contributed by atoms with Gasteiger partial charge in [0, 0.05) is 37.4 Å². The van der Waals surface area contributed by atoms with E-state index >= 15 is 0 Å². The molecule has 3 aromatic rings. The average molecular weight is 510 g/mol. The third kappa shape index (κ3) is 4.88. The van der Waals surface area contributed by atoms with Gasteiger partial charge in [-0.25, -0.2) is 13.1 Å². The number of hydrogen-bond donors (Lipinski definition) is 1. The molecule has 0 spiro atoms. The van der Waals surface area contributed by atoms with Crippen LogP contribution >= 0.6 is 0 Å². The number of carbonyl (C=O) groups is 1. The largest absolute Gasteiger partial charge is 0.379 e. The molecule has 1 amide bonds. The quantitative estimate of drug-likeness (QED) is 0.547. The van der Waals surface area contributed by atoms with Crippen LogP contribution in [0.15, 0.2) is 53.4 Å². The van der Waals surface area contributed by atoms with E-state index in [2.05, 4.69) is 15.3 Å². The van der Waals surface area contributed by atoms with Crippen LogP contribution in [0.3, 0.4) is 0 Å². The highest BCUT2D eigenvalue weighted by Crippen LogP contribution is 2.33. The van der Waals surface area contributed by atoms with Crippen LogP contribution < -0.4 is 10.2 Å². The molecule has 9 nitrogen and oxygen atoms in total. The second kappa shape index (κ2) is 10.0. The first-order valence-corrected chi connectivity index (χ1v) is 13.7. The van der Waals surface area contributed by atoms with E-state index in [4.69, 9.17) is 4.74 Å². The van der Waals surface area contributed by atoms with Gasteiger partial charge in [0.1, 0.15) is 0 Å². The molecule has 0 unspecified atom stereocenters. The average Bonchev–Trinajstić information content (AvgIpc) is 3.54. The number of hydrogen-bond acceptors (Lipinski definition) is 6. The Morgan fingerprint density at radius 1 is 0.944 bits per heavy atom. The molecule has 2 aliphatic heterocycles. The summed E-state index contributed by atoms with van der Waals surface area (Å²) in [6.45, 7) is 7.06. The fourth-order valence-electron chi connectivity index (χ4n) is 4.78. The van der Waals surface area contributed by atoms with E-state index in [-0.39, 0.29) is 10.8 Å². The van der Waals surface area contributed by atoms with Gasteiger partial charge < -0.3 is 15.0 Å². The smallest absolute Gasteiger partial charge is 0.255 e. The molecule has 5 rings (SSSR count). The van der Waals surface area contributed by atoms with Gasteiger partial charge in [0.15, 0.2) is 0 Å². The number of rotatable bonds is 6. The Balaban J connectivity index is 1.43. The molecule has 0 atom stereocenters. The van der Waals surface area contributed by atoms with E-state index < -0.39 is 10.0 Å². The summed E-state index contributed by atoms with van der Waals surface area (Å²) in [5.74, 6) is -0.295. The third-order valence-corrected chi connectivity index (χ3v) is 8.55. The minimum atomic E-state index is -3.69. The standard InChI is InChI=1S/C26H31N5O4S/c1-19-17-20(2)31(28-19)22-7-5-21(6-8-22)26(32)27-24-18-23(9-10-25(24)29-11-3-4-12-29)36(33,34)30-13-15-35-16-14-30/h5-10,17-18H,3-4,11-16H2,1-2H3,(H,27,32). The molecular formula is C26H31N5O4S. The molecule has 36 heavy (non-hydrogen) atoms. The van der Waals surface area contributed by atoms with Crippen LogP contribution in [0.5, 0.6) is 0 Å². The number of benzene rings is 2. The topological polar surface area (TPSA) is 96.8 Å². The van der Waals surface area contributed by atoms with Crippen LogP contribution in [0.25, 0.3) is 5.69 Å². The van der Waals surface area contributed by atoms with Crippen molar-refractivity contribution in [1.82, 2.24) is 14.1 Å². The fourth-order valence-corrected chi connectivity index (χ4v) is 6.22. The Bertz CT molecular complexity index is 1360. The molecule has 0 bridgehead atoms. The van der Waals surface area contributed by atoms with E-state index in [9.17, 15) is 13.2 Å². The predicted octanol–water partition coefficient (Wildman–Crippen LogP) is 3.36. The molecule has 10 heteroatoms. The first-order chi connectivity index (χ1) is 17.3. The summed E-state index contributed by atoms with van der Waals surface area (Å²) in [5.41, 5.74) is 4.62. The zero-order chi connectivity index (χ0) is 25.3.